The minimum Gasteiger partial charge on any atom is -0.507 e. The first-order chi connectivity index (χ1) is 12.6. The third-order valence-corrected chi connectivity index (χ3v) is 4.88. The van der Waals surface area contributed by atoms with Crippen molar-refractivity contribution in [2.24, 2.45) is 0 Å². The molecule has 3 aromatic rings. The van der Waals surface area contributed by atoms with Crippen LogP contribution in [0.2, 0.25) is 0 Å². The monoisotopic (exact) mass is 347 g/mol. The highest BCUT2D eigenvalue weighted by Gasteiger charge is 2.41. The summed E-state index contributed by atoms with van der Waals surface area (Å²) in [6.07, 6.45) is 0.873. The lowest BCUT2D eigenvalue weighted by molar-refractivity contribution is 0.0744. The van der Waals surface area contributed by atoms with Gasteiger partial charge < -0.3 is 10.0 Å². The number of para-hydroxylation sites is 1. The maximum atomic E-state index is 13.0. The van der Waals surface area contributed by atoms with Crippen LogP contribution in [0.1, 0.15) is 46.6 Å². The highest BCUT2D eigenvalue weighted by atomic mass is 16.3. The summed E-state index contributed by atoms with van der Waals surface area (Å²) in [6.45, 7) is 4.78. The molecule has 5 heteroatoms. The Balaban J connectivity index is 1.91. The zero-order chi connectivity index (χ0) is 18.3. The van der Waals surface area contributed by atoms with Gasteiger partial charge in [0.25, 0.3) is 5.91 Å². The number of phenols is 1. The molecule has 0 spiro atoms. The standard InChI is InChI=1S/C21H21N3O2/c1-3-12-24-20(14-10-8-13(2)9-11-14)17-18(22-23-19(17)21(24)26)15-6-4-5-7-16(15)25/h4-11,20,25H,3,12H2,1-2H3,(H,22,23)/t20-/m1/s1. The van der Waals surface area contributed by atoms with Crippen LogP contribution in [0.25, 0.3) is 11.3 Å². The van der Waals surface area contributed by atoms with E-state index in [2.05, 4.69) is 41.4 Å². The first-order valence-electron chi connectivity index (χ1n) is 8.86. The Morgan fingerprint density at radius 2 is 1.88 bits per heavy atom. The van der Waals surface area contributed by atoms with Crippen molar-refractivity contribution in [1.82, 2.24) is 15.1 Å². The molecule has 0 bridgehead atoms. The van der Waals surface area contributed by atoms with Crippen LogP contribution in [0, 0.1) is 6.92 Å². The van der Waals surface area contributed by atoms with Crippen molar-refractivity contribution in [2.45, 2.75) is 26.3 Å². The van der Waals surface area contributed by atoms with Crippen LogP contribution in [0.15, 0.2) is 48.5 Å². The minimum absolute atomic E-state index is 0.0402. The van der Waals surface area contributed by atoms with Gasteiger partial charge in [-0.2, -0.15) is 5.10 Å². The summed E-state index contributed by atoms with van der Waals surface area (Å²) in [5, 5.41) is 17.6. The van der Waals surface area contributed by atoms with Crippen molar-refractivity contribution < 1.29 is 9.90 Å². The number of carbonyl (C=O) groups excluding carboxylic acids is 1. The second-order valence-corrected chi connectivity index (χ2v) is 6.69. The molecule has 0 saturated heterocycles. The molecule has 0 unspecified atom stereocenters. The Morgan fingerprint density at radius 3 is 2.58 bits per heavy atom. The fourth-order valence-electron chi connectivity index (χ4n) is 3.64. The molecule has 0 saturated carbocycles. The van der Waals surface area contributed by atoms with Crippen molar-refractivity contribution >= 4 is 5.91 Å². The molecular weight excluding hydrogens is 326 g/mol. The van der Waals surface area contributed by atoms with Crippen LogP contribution < -0.4 is 0 Å². The highest BCUT2D eigenvalue weighted by Crippen LogP contribution is 2.44. The van der Waals surface area contributed by atoms with E-state index in [0.717, 1.165) is 17.5 Å². The van der Waals surface area contributed by atoms with Crippen LogP contribution in [-0.2, 0) is 0 Å². The molecule has 1 atom stereocenters. The van der Waals surface area contributed by atoms with Gasteiger partial charge in [-0.25, -0.2) is 0 Å². The van der Waals surface area contributed by atoms with Gasteiger partial charge in [0.05, 0.1) is 6.04 Å². The number of H-pyrrole nitrogens is 1. The smallest absolute Gasteiger partial charge is 0.273 e. The summed E-state index contributed by atoms with van der Waals surface area (Å²) in [5.74, 6) is 0.118. The van der Waals surface area contributed by atoms with Crippen molar-refractivity contribution in [3.05, 3.63) is 70.9 Å². The molecule has 132 valence electrons. The lowest BCUT2D eigenvalue weighted by Gasteiger charge is -2.26. The first-order valence-corrected chi connectivity index (χ1v) is 8.86. The number of nitrogens with zero attached hydrogens (tertiary/aromatic N) is 2. The second-order valence-electron chi connectivity index (χ2n) is 6.69. The average Bonchev–Trinajstić information content (AvgIpc) is 3.17. The average molecular weight is 347 g/mol. The molecule has 0 aliphatic carbocycles. The fourth-order valence-corrected chi connectivity index (χ4v) is 3.64. The number of hydrogen-bond donors (Lipinski definition) is 2. The molecule has 4 rings (SSSR count). The molecule has 1 amide bonds. The fraction of sp³-hybridized carbons (Fsp3) is 0.238. The molecular formula is C21H21N3O2. The molecule has 0 fully saturated rings. The Hall–Kier alpha value is -3.08. The number of aryl methyl sites for hydroxylation is 1. The van der Waals surface area contributed by atoms with E-state index in [9.17, 15) is 9.90 Å². The summed E-state index contributed by atoms with van der Waals surface area (Å²) in [4.78, 5) is 14.8. The van der Waals surface area contributed by atoms with E-state index in [0.29, 0.717) is 23.5 Å². The topological polar surface area (TPSA) is 69.2 Å². The molecule has 1 aliphatic heterocycles. The Labute approximate surface area is 152 Å². The number of phenolic OH excluding ortho intramolecular Hbond substituents is 1. The number of aromatic amines is 1. The molecule has 5 nitrogen and oxygen atoms in total. The lowest BCUT2D eigenvalue weighted by Crippen LogP contribution is -2.30. The zero-order valence-corrected chi connectivity index (χ0v) is 14.9. The van der Waals surface area contributed by atoms with Crippen LogP contribution in [-0.4, -0.2) is 32.7 Å². The molecule has 2 aromatic carbocycles. The summed E-state index contributed by atoms with van der Waals surface area (Å²) in [7, 11) is 0. The van der Waals surface area contributed by atoms with E-state index in [-0.39, 0.29) is 17.7 Å². The molecule has 2 heterocycles. The normalized spacial score (nSPS) is 16.2. The van der Waals surface area contributed by atoms with Crippen LogP contribution in [0.4, 0.5) is 0 Å². The van der Waals surface area contributed by atoms with Gasteiger partial charge in [0.15, 0.2) is 0 Å². The third kappa shape index (κ3) is 2.47. The first kappa shape index (κ1) is 16.4. The van der Waals surface area contributed by atoms with Gasteiger partial charge in [-0.3, -0.25) is 9.89 Å². The predicted octanol–water partition coefficient (Wildman–Crippen LogP) is 4.05. The molecule has 2 N–H and O–H groups in total. The number of carbonyl (C=O) groups is 1. The number of aromatic hydroxyl groups is 1. The number of aromatic nitrogens is 2. The van der Waals surface area contributed by atoms with Gasteiger partial charge in [0, 0.05) is 17.7 Å². The summed E-state index contributed by atoms with van der Waals surface area (Å²) >= 11 is 0. The lowest BCUT2D eigenvalue weighted by atomic mass is 9.95. The van der Waals surface area contributed by atoms with Crippen molar-refractivity contribution in [2.75, 3.05) is 6.54 Å². The number of fused-ring (bicyclic) bond motifs is 1. The molecule has 1 aliphatic rings. The van der Waals surface area contributed by atoms with Crippen LogP contribution >= 0.6 is 0 Å². The predicted molar refractivity (Wildman–Crippen MR) is 100 cm³/mol. The molecule has 26 heavy (non-hydrogen) atoms. The molecule has 1 aromatic heterocycles. The van der Waals surface area contributed by atoms with Crippen molar-refractivity contribution in [3.8, 4) is 17.0 Å². The number of nitrogens with one attached hydrogen (secondary N) is 1. The van der Waals surface area contributed by atoms with Crippen LogP contribution in [0.5, 0.6) is 5.75 Å². The quantitative estimate of drug-likeness (QED) is 0.748. The SMILES string of the molecule is CCCN1C(=O)c2[nH]nc(-c3ccccc3O)c2[C@H]1c1ccc(C)cc1. The van der Waals surface area contributed by atoms with E-state index in [1.54, 1.807) is 12.1 Å². The van der Waals surface area contributed by atoms with E-state index >= 15 is 0 Å². The van der Waals surface area contributed by atoms with E-state index in [1.165, 1.54) is 5.56 Å². The van der Waals surface area contributed by atoms with E-state index < -0.39 is 0 Å². The van der Waals surface area contributed by atoms with E-state index in [4.69, 9.17) is 0 Å². The van der Waals surface area contributed by atoms with E-state index in [1.807, 2.05) is 24.0 Å². The zero-order valence-electron chi connectivity index (χ0n) is 14.9. The second kappa shape index (κ2) is 6.33. The Morgan fingerprint density at radius 1 is 1.15 bits per heavy atom. The van der Waals surface area contributed by atoms with Gasteiger partial charge in [-0.1, -0.05) is 48.9 Å². The maximum absolute atomic E-state index is 13.0. The largest absolute Gasteiger partial charge is 0.507 e. The van der Waals surface area contributed by atoms with Gasteiger partial charge in [0.1, 0.15) is 17.1 Å². The van der Waals surface area contributed by atoms with Gasteiger partial charge in [0.2, 0.25) is 0 Å². The maximum Gasteiger partial charge on any atom is 0.273 e. The summed E-state index contributed by atoms with van der Waals surface area (Å²) in [5.41, 5.74) is 4.85. The van der Waals surface area contributed by atoms with Gasteiger partial charge >= 0.3 is 0 Å². The van der Waals surface area contributed by atoms with Gasteiger partial charge in [-0.15, -0.1) is 0 Å². The Kier molecular flexibility index (Phi) is 3.99. The summed E-state index contributed by atoms with van der Waals surface area (Å²) in [6, 6.07) is 15.1. The van der Waals surface area contributed by atoms with Crippen molar-refractivity contribution in [1.29, 1.82) is 0 Å². The number of hydrogen-bond acceptors (Lipinski definition) is 3. The number of amides is 1. The van der Waals surface area contributed by atoms with Gasteiger partial charge in [-0.05, 0) is 31.0 Å². The molecule has 0 radical (unpaired) electrons. The number of rotatable bonds is 4. The minimum atomic E-state index is -0.202. The number of benzene rings is 2. The van der Waals surface area contributed by atoms with Crippen molar-refractivity contribution in [3.63, 3.8) is 0 Å². The highest BCUT2D eigenvalue weighted by molar-refractivity contribution is 6.00. The Bertz CT molecular complexity index is 960. The third-order valence-electron chi connectivity index (χ3n) is 4.88. The van der Waals surface area contributed by atoms with Crippen LogP contribution in [0.3, 0.4) is 0 Å². The summed E-state index contributed by atoms with van der Waals surface area (Å²) < 4.78 is 0.